The van der Waals surface area contributed by atoms with E-state index in [0.717, 1.165) is 12.2 Å². The van der Waals surface area contributed by atoms with Crippen LogP contribution >= 0.6 is 11.8 Å². The lowest BCUT2D eigenvalue weighted by molar-refractivity contribution is -0.121. The molecule has 23 heavy (non-hydrogen) atoms. The molecule has 1 atom stereocenters. The van der Waals surface area contributed by atoms with Crippen LogP contribution in [0.25, 0.3) is 0 Å². The van der Waals surface area contributed by atoms with Crippen molar-refractivity contribution in [2.45, 2.75) is 43.7 Å². The minimum absolute atomic E-state index is 0.0646. The van der Waals surface area contributed by atoms with Crippen LogP contribution in [0.3, 0.4) is 0 Å². The number of hydrogen-bond donors (Lipinski definition) is 1. The maximum atomic E-state index is 12.4. The highest BCUT2D eigenvalue weighted by Crippen LogP contribution is 2.19. The highest BCUT2D eigenvalue weighted by atomic mass is 32.2. The SMILES string of the molecule is CC(SCc1ccccc1)C(=O)NC(C)(C)Cc1ccccc1. The van der Waals surface area contributed by atoms with Gasteiger partial charge in [0.2, 0.25) is 5.91 Å². The largest absolute Gasteiger partial charge is 0.350 e. The van der Waals surface area contributed by atoms with E-state index in [1.54, 1.807) is 11.8 Å². The number of hydrogen-bond acceptors (Lipinski definition) is 2. The van der Waals surface area contributed by atoms with Gasteiger partial charge >= 0.3 is 0 Å². The van der Waals surface area contributed by atoms with Gasteiger partial charge < -0.3 is 5.32 Å². The molecular formula is C20H25NOS. The van der Waals surface area contributed by atoms with Crippen molar-refractivity contribution < 1.29 is 4.79 Å². The Kier molecular flexibility index (Phi) is 6.28. The van der Waals surface area contributed by atoms with Crippen molar-refractivity contribution in [3.8, 4) is 0 Å². The summed E-state index contributed by atoms with van der Waals surface area (Å²) in [6, 6.07) is 20.5. The Hall–Kier alpha value is -1.74. The molecule has 0 saturated heterocycles. The number of carbonyl (C=O) groups excluding carboxylic acids is 1. The van der Waals surface area contributed by atoms with Gasteiger partial charge in [0.05, 0.1) is 5.25 Å². The zero-order valence-corrected chi connectivity index (χ0v) is 14.9. The molecule has 3 heteroatoms. The maximum Gasteiger partial charge on any atom is 0.233 e. The van der Waals surface area contributed by atoms with Gasteiger partial charge in [0.15, 0.2) is 0 Å². The lowest BCUT2D eigenvalue weighted by atomic mass is 9.95. The molecule has 122 valence electrons. The first kappa shape index (κ1) is 17.6. The van der Waals surface area contributed by atoms with Crippen molar-refractivity contribution in [1.82, 2.24) is 5.32 Å². The average Bonchev–Trinajstić information content (AvgIpc) is 2.53. The van der Waals surface area contributed by atoms with Crippen LogP contribution in [-0.4, -0.2) is 16.7 Å². The minimum atomic E-state index is -0.250. The molecule has 2 rings (SSSR count). The summed E-state index contributed by atoms with van der Waals surface area (Å²) < 4.78 is 0. The van der Waals surface area contributed by atoms with Gasteiger partial charge in [-0.1, -0.05) is 60.7 Å². The summed E-state index contributed by atoms with van der Waals surface area (Å²) >= 11 is 1.67. The Balaban J connectivity index is 1.84. The summed E-state index contributed by atoms with van der Waals surface area (Å²) in [4.78, 5) is 12.4. The fourth-order valence-electron chi connectivity index (χ4n) is 2.46. The molecule has 1 N–H and O–H groups in total. The quantitative estimate of drug-likeness (QED) is 0.814. The number of thioether (sulfide) groups is 1. The highest BCUT2D eigenvalue weighted by molar-refractivity contribution is 7.99. The molecule has 0 fully saturated rings. The standard InChI is InChI=1S/C20H25NOS/c1-16(23-15-18-12-8-5-9-13-18)19(22)21-20(2,3)14-17-10-6-4-7-11-17/h4-13,16H,14-15H2,1-3H3,(H,21,22). The lowest BCUT2D eigenvalue weighted by Crippen LogP contribution is -2.48. The first-order chi connectivity index (χ1) is 11.0. The van der Waals surface area contributed by atoms with Gasteiger partial charge in [0, 0.05) is 11.3 Å². The van der Waals surface area contributed by atoms with Crippen molar-refractivity contribution in [2.75, 3.05) is 0 Å². The fraction of sp³-hybridized carbons (Fsp3) is 0.350. The van der Waals surface area contributed by atoms with Crippen molar-refractivity contribution in [2.24, 2.45) is 0 Å². The van der Waals surface area contributed by atoms with E-state index in [1.807, 2.05) is 43.3 Å². The molecule has 2 aromatic rings. The van der Waals surface area contributed by atoms with Gasteiger partial charge in [0.25, 0.3) is 0 Å². The molecule has 0 aromatic heterocycles. The zero-order chi connectivity index (χ0) is 16.7. The van der Waals surface area contributed by atoms with E-state index in [4.69, 9.17) is 0 Å². The van der Waals surface area contributed by atoms with Crippen LogP contribution in [0, 0.1) is 0 Å². The molecule has 1 unspecified atom stereocenters. The maximum absolute atomic E-state index is 12.4. The molecule has 0 heterocycles. The molecule has 2 nitrogen and oxygen atoms in total. The third-order valence-corrected chi connectivity index (χ3v) is 4.88. The van der Waals surface area contributed by atoms with E-state index >= 15 is 0 Å². The van der Waals surface area contributed by atoms with E-state index in [9.17, 15) is 4.79 Å². The summed E-state index contributed by atoms with van der Waals surface area (Å²) in [5, 5.41) is 3.12. The van der Waals surface area contributed by atoms with Crippen molar-refractivity contribution >= 4 is 17.7 Å². The summed E-state index contributed by atoms with van der Waals surface area (Å²) in [6.45, 7) is 6.13. The molecule has 0 bridgehead atoms. The number of carbonyl (C=O) groups is 1. The van der Waals surface area contributed by atoms with Crippen LogP contribution in [0.15, 0.2) is 60.7 Å². The van der Waals surface area contributed by atoms with Crippen LogP contribution < -0.4 is 5.32 Å². The van der Waals surface area contributed by atoms with E-state index in [0.29, 0.717) is 0 Å². The van der Waals surface area contributed by atoms with Crippen LogP contribution in [0.2, 0.25) is 0 Å². The molecule has 0 spiro atoms. The molecule has 0 aliphatic heterocycles. The van der Waals surface area contributed by atoms with Crippen LogP contribution in [0.1, 0.15) is 31.9 Å². The second-order valence-electron chi connectivity index (χ2n) is 6.47. The predicted molar refractivity (Wildman–Crippen MR) is 99.6 cm³/mol. The number of nitrogens with one attached hydrogen (secondary N) is 1. The van der Waals surface area contributed by atoms with Crippen LogP contribution in [-0.2, 0) is 17.0 Å². The smallest absolute Gasteiger partial charge is 0.233 e. The number of benzene rings is 2. The molecule has 0 radical (unpaired) electrons. The summed E-state index contributed by atoms with van der Waals surface area (Å²) in [5.74, 6) is 0.959. The van der Waals surface area contributed by atoms with Crippen LogP contribution in [0.5, 0.6) is 0 Å². The monoisotopic (exact) mass is 327 g/mol. The Labute approximate surface area is 143 Å². The summed E-state index contributed by atoms with van der Waals surface area (Å²) in [5.41, 5.74) is 2.24. The van der Waals surface area contributed by atoms with Gasteiger partial charge in [-0.25, -0.2) is 0 Å². The van der Waals surface area contributed by atoms with Crippen molar-refractivity contribution in [1.29, 1.82) is 0 Å². The van der Waals surface area contributed by atoms with Crippen molar-refractivity contribution in [3.63, 3.8) is 0 Å². The second-order valence-corrected chi connectivity index (χ2v) is 7.80. The number of rotatable bonds is 7. The molecule has 0 aliphatic carbocycles. The highest BCUT2D eigenvalue weighted by Gasteiger charge is 2.24. The molecule has 0 aliphatic rings. The van der Waals surface area contributed by atoms with E-state index in [2.05, 4.69) is 43.4 Å². The fourth-order valence-corrected chi connectivity index (χ4v) is 3.30. The van der Waals surface area contributed by atoms with Gasteiger partial charge in [-0.15, -0.1) is 11.8 Å². The van der Waals surface area contributed by atoms with Gasteiger partial charge in [-0.2, -0.15) is 0 Å². The summed E-state index contributed by atoms with van der Waals surface area (Å²) in [7, 11) is 0. The minimum Gasteiger partial charge on any atom is -0.350 e. The Bertz CT molecular complexity index is 610. The first-order valence-electron chi connectivity index (χ1n) is 7.98. The van der Waals surface area contributed by atoms with Crippen LogP contribution in [0.4, 0.5) is 0 Å². The van der Waals surface area contributed by atoms with E-state index in [-0.39, 0.29) is 16.7 Å². The normalized spacial score (nSPS) is 12.7. The molecule has 0 saturated carbocycles. The molecule has 1 amide bonds. The topological polar surface area (TPSA) is 29.1 Å². The molecular weight excluding hydrogens is 302 g/mol. The number of amides is 1. The first-order valence-corrected chi connectivity index (χ1v) is 9.03. The van der Waals surface area contributed by atoms with Gasteiger partial charge in [-0.3, -0.25) is 4.79 Å². The average molecular weight is 327 g/mol. The Morgan fingerprint density at radius 3 is 2.09 bits per heavy atom. The lowest BCUT2D eigenvalue weighted by Gasteiger charge is -2.28. The Morgan fingerprint density at radius 1 is 1.00 bits per heavy atom. The van der Waals surface area contributed by atoms with Crippen molar-refractivity contribution in [3.05, 3.63) is 71.8 Å². The molecule has 2 aromatic carbocycles. The second kappa shape index (κ2) is 8.21. The van der Waals surface area contributed by atoms with E-state index < -0.39 is 0 Å². The third-order valence-electron chi connectivity index (χ3n) is 3.66. The Morgan fingerprint density at radius 2 is 1.52 bits per heavy atom. The zero-order valence-electron chi connectivity index (χ0n) is 14.1. The predicted octanol–water partition coefficient (Wildman–Crippen LogP) is 4.45. The van der Waals surface area contributed by atoms with Gasteiger partial charge in [0.1, 0.15) is 0 Å². The summed E-state index contributed by atoms with van der Waals surface area (Å²) in [6.07, 6.45) is 0.829. The third kappa shape index (κ3) is 6.11. The van der Waals surface area contributed by atoms with E-state index in [1.165, 1.54) is 11.1 Å². The van der Waals surface area contributed by atoms with Gasteiger partial charge in [-0.05, 0) is 38.3 Å².